The minimum absolute atomic E-state index is 0.00915. The van der Waals surface area contributed by atoms with Crippen LogP contribution >= 0.6 is 0 Å². The zero-order chi connectivity index (χ0) is 17.1. The van der Waals surface area contributed by atoms with Crippen LogP contribution in [0.3, 0.4) is 0 Å². The number of hydrogen-bond donors (Lipinski definition) is 1. The molecule has 0 saturated carbocycles. The minimum atomic E-state index is -0.130. The first-order chi connectivity index (χ1) is 12.2. The fourth-order valence-electron chi connectivity index (χ4n) is 4.86. The van der Waals surface area contributed by atoms with Gasteiger partial charge in [0.25, 0.3) is 11.8 Å². The maximum atomic E-state index is 13.3. The average Bonchev–Trinajstić information content (AvgIpc) is 2.67. The second kappa shape index (κ2) is 5.30. The summed E-state index contributed by atoms with van der Waals surface area (Å²) in [6, 6.07) is 9.54. The van der Waals surface area contributed by atoms with Crippen molar-refractivity contribution in [1.82, 2.24) is 9.80 Å². The molecule has 2 aromatic rings. The predicted octanol–water partition coefficient (Wildman–Crippen LogP) is 2.57. The maximum Gasteiger partial charge on any atom is 0.261 e. The zero-order valence-corrected chi connectivity index (χ0v) is 14.3. The van der Waals surface area contributed by atoms with Gasteiger partial charge in [-0.15, -0.1) is 0 Å². The second-order valence-electron chi connectivity index (χ2n) is 7.32. The number of rotatable bonds is 2. The summed E-state index contributed by atoms with van der Waals surface area (Å²) in [6.45, 7) is 3.01. The highest BCUT2D eigenvalue weighted by atomic mass is 16.2. The molecule has 3 saturated heterocycles. The van der Waals surface area contributed by atoms with Gasteiger partial charge in [0, 0.05) is 41.2 Å². The smallest absolute Gasteiger partial charge is 0.261 e. The van der Waals surface area contributed by atoms with E-state index in [1.165, 1.54) is 0 Å². The summed E-state index contributed by atoms with van der Waals surface area (Å²) in [5.41, 5.74) is 2.25. The third-order valence-electron chi connectivity index (χ3n) is 6.16. The van der Waals surface area contributed by atoms with Crippen LogP contribution in [0.1, 0.15) is 33.6 Å². The van der Waals surface area contributed by atoms with Crippen molar-refractivity contribution in [2.75, 3.05) is 32.0 Å². The SMILES string of the molecule is CNc1ccc2c3c(cccc13)C(=O)N([C@@H]1CN3CCC1CC3)C2=O. The highest BCUT2D eigenvalue weighted by molar-refractivity contribution is 6.26. The minimum Gasteiger partial charge on any atom is -0.388 e. The van der Waals surface area contributed by atoms with Crippen molar-refractivity contribution in [2.45, 2.75) is 18.9 Å². The molecule has 0 radical (unpaired) electrons. The standard InChI is InChI=1S/C20H21N3O2/c1-21-16-6-5-15-18-13(16)3-2-4-14(18)19(24)23(20(15)25)17-11-22-9-7-12(17)8-10-22/h2-6,12,17,21H,7-11H2,1H3/t17-/m1/s1. The molecular formula is C20H21N3O2. The van der Waals surface area contributed by atoms with Gasteiger partial charge in [0.2, 0.25) is 0 Å². The van der Waals surface area contributed by atoms with Crippen LogP contribution in [0.25, 0.3) is 10.8 Å². The van der Waals surface area contributed by atoms with Crippen molar-refractivity contribution < 1.29 is 9.59 Å². The lowest BCUT2D eigenvalue weighted by Gasteiger charge is -2.49. The number of nitrogens with zero attached hydrogens (tertiary/aromatic N) is 2. The zero-order valence-electron chi connectivity index (χ0n) is 14.3. The molecule has 0 aliphatic carbocycles. The second-order valence-corrected chi connectivity index (χ2v) is 7.32. The molecule has 0 unspecified atom stereocenters. The molecule has 2 bridgehead atoms. The number of nitrogens with one attached hydrogen (secondary N) is 1. The van der Waals surface area contributed by atoms with Gasteiger partial charge in [0.1, 0.15) is 0 Å². The summed E-state index contributed by atoms with van der Waals surface area (Å²) in [6.07, 6.45) is 2.16. The maximum absolute atomic E-state index is 13.3. The molecule has 5 heteroatoms. The summed E-state index contributed by atoms with van der Waals surface area (Å²) in [5, 5.41) is 4.89. The molecule has 4 heterocycles. The van der Waals surface area contributed by atoms with Gasteiger partial charge in [-0.3, -0.25) is 14.5 Å². The van der Waals surface area contributed by atoms with Gasteiger partial charge in [0.15, 0.2) is 0 Å². The number of piperidine rings is 3. The monoisotopic (exact) mass is 335 g/mol. The number of fused-ring (bicyclic) bond motifs is 3. The summed E-state index contributed by atoms with van der Waals surface area (Å²) in [7, 11) is 1.86. The van der Waals surface area contributed by atoms with Gasteiger partial charge in [-0.05, 0) is 50.0 Å². The van der Waals surface area contributed by atoms with Gasteiger partial charge in [-0.2, -0.15) is 0 Å². The van der Waals surface area contributed by atoms with Gasteiger partial charge in [-0.25, -0.2) is 0 Å². The molecule has 2 amide bonds. The Labute approximate surface area is 146 Å². The summed E-state index contributed by atoms with van der Waals surface area (Å²) < 4.78 is 0. The Balaban J connectivity index is 1.66. The lowest BCUT2D eigenvalue weighted by molar-refractivity contribution is 0.00882. The van der Waals surface area contributed by atoms with E-state index in [0.717, 1.165) is 48.9 Å². The molecular weight excluding hydrogens is 314 g/mol. The van der Waals surface area contributed by atoms with E-state index in [1.807, 2.05) is 37.4 Å². The fraction of sp³-hybridized carbons (Fsp3) is 0.400. The molecule has 4 aliphatic rings. The number of hydrogen-bond acceptors (Lipinski definition) is 4. The number of carbonyl (C=O) groups excluding carboxylic acids is 2. The van der Waals surface area contributed by atoms with E-state index in [9.17, 15) is 9.59 Å². The Kier molecular flexibility index (Phi) is 3.16. The lowest BCUT2D eigenvalue weighted by Crippen LogP contribution is -2.60. The first-order valence-electron chi connectivity index (χ1n) is 9.03. The summed E-state index contributed by atoms with van der Waals surface area (Å²) in [5.74, 6) is 0.181. The van der Waals surface area contributed by atoms with Crippen LogP contribution in [0.15, 0.2) is 30.3 Å². The van der Waals surface area contributed by atoms with Crippen molar-refractivity contribution >= 4 is 28.3 Å². The Morgan fingerprint density at radius 1 is 1.00 bits per heavy atom. The third-order valence-corrected chi connectivity index (χ3v) is 6.16. The normalized spacial score (nSPS) is 27.9. The summed E-state index contributed by atoms with van der Waals surface area (Å²) >= 11 is 0. The molecule has 3 fully saturated rings. The van der Waals surface area contributed by atoms with Crippen LogP contribution in [-0.4, -0.2) is 54.3 Å². The quantitative estimate of drug-likeness (QED) is 0.857. The van der Waals surface area contributed by atoms with E-state index in [4.69, 9.17) is 0 Å². The van der Waals surface area contributed by atoms with E-state index in [-0.39, 0.29) is 17.9 Å². The first-order valence-corrected chi connectivity index (χ1v) is 9.03. The van der Waals surface area contributed by atoms with Gasteiger partial charge in [0.05, 0.1) is 6.04 Å². The van der Waals surface area contributed by atoms with E-state index < -0.39 is 0 Å². The van der Waals surface area contributed by atoms with E-state index >= 15 is 0 Å². The van der Waals surface area contributed by atoms with Gasteiger partial charge < -0.3 is 10.2 Å². The fourth-order valence-corrected chi connectivity index (χ4v) is 4.86. The number of carbonyl (C=O) groups is 2. The molecule has 1 N–H and O–H groups in total. The molecule has 2 aromatic carbocycles. The molecule has 25 heavy (non-hydrogen) atoms. The Bertz CT molecular complexity index is 877. The Hall–Kier alpha value is -2.40. The van der Waals surface area contributed by atoms with E-state index in [1.54, 1.807) is 4.90 Å². The number of anilines is 1. The molecule has 0 aromatic heterocycles. The van der Waals surface area contributed by atoms with Gasteiger partial charge in [-0.1, -0.05) is 12.1 Å². The predicted molar refractivity (Wildman–Crippen MR) is 96.9 cm³/mol. The van der Waals surface area contributed by atoms with Crippen LogP contribution in [0.4, 0.5) is 5.69 Å². The van der Waals surface area contributed by atoms with Gasteiger partial charge >= 0.3 is 0 Å². The third kappa shape index (κ3) is 1.99. The van der Waals surface area contributed by atoms with Crippen LogP contribution in [0.5, 0.6) is 0 Å². The first kappa shape index (κ1) is 14.9. The largest absolute Gasteiger partial charge is 0.388 e. The molecule has 1 atom stereocenters. The number of imide groups is 1. The molecule has 6 rings (SSSR count). The topological polar surface area (TPSA) is 52.7 Å². The lowest BCUT2D eigenvalue weighted by atomic mass is 9.81. The molecule has 0 spiro atoms. The van der Waals surface area contributed by atoms with Crippen LogP contribution < -0.4 is 5.32 Å². The molecule has 4 aliphatic heterocycles. The van der Waals surface area contributed by atoms with Crippen molar-refractivity contribution in [2.24, 2.45) is 5.92 Å². The Morgan fingerprint density at radius 3 is 2.36 bits per heavy atom. The highest BCUT2D eigenvalue weighted by Crippen LogP contribution is 2.38. The van der Waals surface area contributed by atoms with Crippen molar-refractivity contribution in [3.63, 3.8) is 0 Å². The van der Waals surface area contributed by atoms with Crippen LogP contribution in [0, 0.1) is 5.92 Å². The highest BCUT2D eigenvalue weighted by Gasteiger charge is 2.44. The van der Waals surface area contributed by atoms with E-state index in [2.05, 4.69) is 10.2 Å². The van der Waals surface area contributed by atoms with Crippen molar-refractivity contribution in [3.8, 4) is 0 Å². The Morgan fingerprint density at radius 2 is 1.72 bits per heavy atom. The summed E-state index contributed by atoms with van der Waals surface area (Å²) in [4.78, 5) is 30.5. The van der Waals surface area contributed by atoms with E-state index in [0.29, 0.717) is 17.0 Å². The van der Waals surface area contributed by atoms with Crippen molar-refractivity contribution in [1.29, 1.82) is 0 Å². The van der Waals surface area contributed by atoms with Crippen molar-refractivity contribution in [3.05, 3.63) is 41.5 Å². The van der Waals surface area contributed by atoms with Crippen LogP contribution in [-0.2, 0) is 0 Å². The number of amides is 2. The molecule has 128 valence electrons. The molecule has 5 nitrogen and oxygen atoms in total. The average molecular weight is 335 g/mol. The number of benzene rings is 2. The van der Waals surface area contributed by atoms with Crippen LogP contribution in [0.2, 0.25) is 0 Å².